The van der Waals surface area contributed by atoms with Gasteiger partial charge in [-0.05, 0) is 35.4 Å². The van der Waals surface area contributed by atoms with Gasteiger partial charge < -0.3 is 10.6 Å². The van der Waals surface area contributed by atoms with Crippen molar-refractivity contribution >= 4 is 11.8 Å². The highest BCUT2D eigenvalue weighted by Gasteiger charge is 2.19. The molecule has 0 aliphatic carbocycles. The Balaban J connectivity index is 1.67. The Kier molecular flexibility index (Phi) is 6.75. The van der Waals surface area contributed by atoms with Crippen LogP contribution < -0.4 is 10.6 Å². The molecule has 2 N–H and O–H groups in total. The van der Waals surface area contributed by atoms with Gasteiger partial charge in [-0.2, -0.15) is 5.26 Å². The summed E-state index contributed by atoms with van der Waals surface area (Å²) < 4.78 is 0. The molecule has 0 radical (unpaired) electrons. The van der Waals surface area contributed by atoms with E-state index in [-0.39, 0.29) is 18.2 Å². The van der Waals surface area contributed by atoms with E-state index >= 15 is 0 Å². The van der Waals surface area contributed by atoms with Crippen LogP contribution in [0, 0.1) is 11.3 Å². The van der Waals surface area contributed by atoms with E-state index in [1.54, 1.807) is 42.5 Å². The third-order valence-electron chi connectivity index (χ3n) is 4.48. The summed E-state index contributed by atoms with van der Waals surface area (Å²) in [6.07, 6.45) is 0.112. The molecule has 3 rings (SSSR count). The molecule has 1 unspecified atom stereocenters. The summed E-state index contributed by atoms with van der Waals surface area (Å²) in [5.41, 5.74) is 2.80. The van der Waals surface area contributed by atoms with E-state index in [0.717, 1.165) is 11.1 Å². The van der Waals surface area contributed by atoms with E-state index < -0.39 is 6.04 Å². The summed E-state index contributed by atoms with van der Waals surface area (Å²) >= 11 is 0. The predicted molar refractivity (Wildman–Crippen MR) is 111 cm³/mol. The lowest BCUT2D eigenvalue weighted by atomic mass is 10.0. The van der Waals surface area contributed by atoms with Gasteiger partial charge in [0.15, 0.2) is 0 Å². The standard InChI is InChI=1S/C24H21N3O2/c25-16-18-8-7-9-19(14-18)17-26-23(28)15-22(20-10-3-1-4-11-20)27-24(29)21-12-5-2-6-13-21/h1-14,22H,15,17H2,(H,26,28)(H,27,29). The number of carbonyl (C=O) groups is 2. The Morgan fingerprint density at radius 1 is 0.897 bits per heavy atom. The van der Waals surface area contributed by atoms with Crippen LogP contribution >= 0.6 is 0 Å². The van der Waals surface area contributed by atoms with Gasteiger partial charge in [-0.25, -0.2) is 0 Å². The highest BCUT2D eigenvalue weighted by molar-refractivity contribution is 5.94. The SMILES string of the molecule is N#Cc1cccc(CNC(=O)CC(NC(=O)c2ccccc2)c2ccccc2)c1. The molecular weight excluding hydrogens is 362 g/mol. The number of nitrogens with one attached hydrogen (secondary N) is 2. The monoisotopic (exact) mass is 383 g/mol. The van der Waals surface area contributed by atoms with Crippen LogP contribution in [-0.2, 0) is 11.3 Å². The van der Waals surface area contributed by atoms with Gasteiger partial charge in [0, 0.05) is 12.1 Å². The number of carbonyl (C=O) groups excluding carboxylic acids is 2. The minimum absolute atomic E-state index is 0.112. The third kappa shape index (κ3) is 5.78. The van der Waals surface area contributed by atoms with Crippen molar-refractivity contribution in [2.24, 2.45) is 0 Å². The van der Waals surface area contributed by atoms with Crippen LogP contribution in [0.4, 0.5) is 0 Å². The number of amides is 2. The number of hydrogen-bond donors (Lipinski definition) is 2. The topological polar surface area (TPSA) is 82.0 Å². The Morgan fingerprint density at radius 2 is 1.59 bits per heavy atom. The Morgan fingerprint density at radius 3 is 2.28 bits per heavy atom. The van der Waals surface area contributed by atoms with Crippen molar-refractivity contribution in [3.63, 3.8) is 0 Å². The fraction of sp³-hybridized carbons (Fsp3) is 0.125. The lowest BCUT2D eigenvalue weighted by Crippen LogP contribution is -2.33. The average Bonchev–Trinajstić information content (AvgIpc) is 2.78. The normalized spacial score (nSPS) is 11.1. The molecule has 29 heavy (non-hydrogen) atoms. The molecule has 0 spiro atoms. The quantitative estimate of drug-likeness (QED) is 0.652. The third-order valence-corrected chi connectivity index (χ3v) is 4.48. The minimum Gasteiger partial charge on any atom is -0.352 e. The molecule has 5 nitrogen and oxygen atoms in total. The summed E-state index contributed by atoms with van der Waals surface area (Å²) in [5.74, 6) is -0.413. The number of benzene rings is 3. The molecule has 2 amide bonds. The van der Waals surface area contributed by atoms with Gasteiger partial charge in [0.2, 0.25) is 5.91 Å². The first-order valence-corrected chi connectivity index (χ1v) is 9.32. The van der Waals surface area contributed by atoms with Gasteiger partial charge in [-0.1, -0.05) is 60.7 Å². The van der Waals surface area contributed by atoms with Crippen LogP contribution in [0.15, 0.2) is 84.9 Å². The predicted octanol–water partition coefficient (Wildman–Crippen LogP) is 3.74. The van der Waals surface area contributed by atoms with Gasteiger partial charge >= 0.3 is 0 Å². The summed E-state index contributed by atoms with van der Waals surface area (Å²) in [6, 6.07) is 27.1. The molecule has 0 saturated carbocycles. The summed E-state index contributed by atoms with van der Waals surface area (Å²) in [7, 11) is 0. The first-order valence-electron chi connectivity index (χ1n) is 9.32. The van der Waals surface area contributed by atoms with Crippen LogP contribution in [0.1, 0.15) is 39.5 Å². The first kappa shape index (κ1) is 19.8. The molecule has 5 heteroatoms. The van der Waals surface area contributed by atoms with Crippen LogP contribution in [-0.4, -0.2) is 11.8 Å². The van der Waals surface area contributed by atoms with Gasteiger partial charge in [-0.3, -0.25) is 9.59 Å². The van der Waals surface area contributed by atoms with Crippen LogP contribution in [0.3, 0.4) is 0 Å². The maximum Gasteiger partial charge on any atom is 0.251 e. The Labute approximate surface area is 170 Å². The smallest absolute Gasteiger partial charge is 0.251 e. The fourth-order valence-electron chi connectivity index (χ4n) is 2.98. The highest BCUT2D eigenvalue weighted by atomic mass is 16.2. The fourth-order valence-corrected chi connectivity index (χ4v) is 2.98. The highest BCUT2D eigenvalue weighted by Crippen LogP contribution is 2.17. The zero-order valence-electron chi connectivity index (χ0n) is 15.8. The minimum atomic E-state index is -0.450. The van der Waals surface area contributed by atoms with E-state index in [4.69, 9.17) is 5.26 Å². The van der Waals surface area contributed by atoms with Gasteiger partial charge in [-0.15, -0.1) is 0 Å². The molecule has 1 atom stereocenters. The van der Waals surface area contributed by atoms with E-state index in [1.165, 1.54) is 0 Å². The molecule has 0 bridgehead atoms. The van der Waals surface area contributed by atoms with E-state index in [9.17, 15) is 9.59 Å². The molecule has 0 saturated heterocycles. The van der Waals surface area contributed by atoms with Crippen molar-refractivity contribution in [1.29, 1.82) is 5.26 Å². The second kappa shape index (κ2) is 9.86. The van der Waals surface area contributed by atoms with Crippen LogP contribution in [0.5, 0.6) is 0 Å². The van der Waals surface area contributed by atoms with Crippen molar-refractivity contribution < 1.29 is 9.59 Å². The Hall–Kier alpha value is -3.91. The zero-order valence-corrected chi connectivity index (χ0v) is 15.8. The molecule has 0 fully saturated rings. The van der Waals surface area contributed by atoms with Gasteiger partial charge in [0.05, 0.1) is 24.1 Å². The van der Waals surface area contributed by atoms with E-state index in [2.05, 4.69) is 16.7 Å². The average molecular weight is 383 g/mol. The molecule has 3 aromatic carbocycles. The number of hydrogen-bond acceptors (Lipinski definition) is 3. The summed E-state index contributed by atoms with van der Waals surface area (Å²) in [6.45, 7) is 0.322. The molecule has 0 aromatic heterocycles. The van der Waals surface area contributed by atoms with Crippen molar-refractivity contribution in [3.05, 3.63) is 107 Å². The van der Waals surface area contributed by atoms with E-state index in [1.807, 2.05) is 42.5 Å². The summed E-state index contributed by atoms with van der Waals surface area (Å²) in [5, 5.41) is 14.8. The number of rotatable bonds is 7. The largest absolute Gasteiger partial charge is 0.352 e. The van der Waals surface area contributed by atoms with Crippen LogP contribution in [0.2, 0.25) is 0 Å². The molecular formula is C24H21N3O2. The van der Waals surface area contributed by atoms with Crippen molar-refractivity contribution in [2.75, 3.05) is 0 Å². The second-order valence-corrected chi connectivity index (χ2v) is 6.60. The molecule has 0 heterocycles. The molecule has 0 aliphatic rings. The van der Waals surface area contributed by atoms with E-state index in [0.29, 0.717) is 17.7 Å². The number of nitrogens with zero attached hydrogens (tertiary/aromatic N) is 1. The molecule has 3 aromatic rings. The number of nitriles is 1. The second-order valence-electron chi connectivity index (χ2n) is 6.60. The molecule has 0 aliphatic heterocycles. The lowest BCUT2D eigenvalue weighted by Gasteiger charge is -2.19. The van der Waals surface area contributed by atoms with Gasteiger partial charge in [0.1, 0.15) is 0 Å². The first-order chi connectivity index (χ1) is 14.2. The van der Waals surface area contributed by atoms with Crippen LogP contribution in [0.25, 0.3) is 0 Å². The molecule has 144 valence electrons. The lowest BCUT2D eigenvalue weighted by molar-refractivity contribution is -0.121. The van der Waals surface area contributed by atoms with Crippen molar-refractivity contribution in [1.82, 2.24) is 10.6 Å². The zero-order chi connectivity index (χ0) is 20.5. The maximum absolute atomic E-state index is 12.6. The maximum atomic E-state index is 12.6. The van der Waals surface area contributed by atoms with Crippen molar-refractivity contribution in [3.8, 4) is 6.07 Å². The van der Waals surface area contributed by atoms with Gasteiger partial charge in [0.25, 0.3) is 5.91 Å². The van der Waals surface area contributed by atoms with Crippen molar-refractivity contribution in [2.45, 2.75) is 19.0 Å². The Bertz CT molecular complexity index is 1010. The summed E-state index contributed by atoms with van der Waals surface area (Å²) in [4.78, 5) is 25.1.